The summed E-state index contributed by atoms with van der Waals surface area (Å²) in [5.41, 5.74) is -0.614. The van der Waals surface area contributed by atoms with Crippen molar-refractivity contribution in [2.75, 3.05) is 5.32 Å². The second-order valence-electron chi connectivity index (χ2n) is 4.65. The van der Waals surface area contributed by atoms with Crippen molar-refractivity contribution in [1.29, 1.82) is 0 Å². The van der Waals surface area contributed by atoms with Gasteiger partial charge >= 0.3 is 5.69 Å². The van der Waals surface area contributed by atoms with Gasteiger partial charge in [-0.2, -0.15) is 0 Å². The second kappa shape index (κ2) is 6.83. The number of hydrogen-bond acceptors (Lipinski definition) is 5. The van der Waals surface area contributed by atoms with Crippen LogP contribution in [0.2, 0.25) is 0 Å². The standard InChI is InChI=1S/C14H19N5O2/c1-3-8-18-11(17-13-15-6-5-7-16-13)10-12(20)19(9-4-2)14(18)21/h5-7,10H,3-4,8-9H2,1-2H3,(H,15,16,17). The van der Waals surface area contributed by atoms with E-state index >= 15 is 0 Å². The van der Waals surface area contributed by atoms with Crippen LogP contribution < -0.4 is 16.6 Å². The molecule has 7 heteroatoms. The molecule has 0 atom stereocenters. The average Bonchev–Trinajstić information content (AvgIpc) is 2.48. The fourth-order valence-corrected chi connectivity index (χ4v) is 2.07. The predicted octanol–water partition coefficient (Wildman–Crippen LogP) is 1.36. The molecule has 0 saturated heterocycles. The highest BCUT2D eigenvalue weighted by Crippen LogP contribution is 2.08. The van der Waals surface area contributed by atoms with E-state index in [-0.39, 0.29) is 11.2 Å². The van der Waals surface area contributed by atoms with Gasteiger partial charge in [-0.3, -0.25) is 13.9 Å². The van der Waals surface area contributed by atoms with Gasteiger partial charge in [0, 0.05) is 31.5 Å². The summed E-state index contributed by atoms with van der Waals surface area (Å²) in [7, 11) is 0. The molecule has 112 valence electrons. The van der Waals surface area contributed by atoms with Gasteiger partial charge in [0.1, 0.15) is 5.82 Å². The lowest BCUT2D eigenvalue weighted by molar-refractivity contribution is 0.545. The van der Waals surface area contributed by atoms with Crippen LogP contribution in [0.3, 0.4) is 0 Å². The minimum atomic E-state index is -0.312. The molecule has 2 aromatic rings. The molecule has 2 heterocycles. The quantitative estimate of drug-likeness (QED) is 0.868. The van der Waals surface area contributed by atoms with Gasteiger partial charge in [-0.1, -0.05) is 13.8 Å². The summed E-state index contributed by atoms with van der Waals surface area (Å²) < 4.78 is 2.81. The largest absolute Gasteiger partial charge is 0.332 e. The lowest BCUT2D eigenvalue weighted by Gasteiger charge is -2.14. The summed E-state index contributed by atoms with van der Waals surface area (Å²) in [6, 6.07) is 3.12. The van der Waals surface area contributed by atoms with E-state index in [2.05, 4.69) is 15.3 Å². The summed E-state index contributed by atoms with van der Waals surface area (Å²) in [5, 5.41) is 2.94. The number of aromatic nitrogens is 4. The van der Waals surface area contributed by atoms with Crippen molar-refractivity contribution < 1.29 is 0 Å². The number of rotatable bonds is 6. The molecule has 1 N–H and O–H groups in total. The number of nitrogens with one attached hydrogen (secondary N) is 1. The van der Waals surface area contributed by atoms with Crippen LogP contribution in [0.25, 0.3) is 0 Å². The first-order valence-electron chi connectivity index (χ1n) is 7.06. The molecular weight excluding hydrogens is 270 g/mol. The molecule has 0 aliphatic carbocycles. The lowest BCUT2D eigenvalue weighted by Crippen LogP contribution is -2.40. The summed E-state index contributed by atoms with van der Waals surface area (Å²) in [5.74, 6) is 0.778. The summed E-state index contributed by atoms with van der Waals surface area (Å²) in [6.07, 6.45) is 4.70. The van der Waals surface area contributed by atoms with Crippen LogP contribution in [0.4, 0.5) is 11.8 Å². The predicted molar refractivity (Wildman–Crippen MR) is 80.9 cm³/mol. The Morgan fingerprint density at radius 3 is 2.29 bits per heavy atom. The Kier molecular flexibility index (Phi) is 4.86. The fourth-order valence-electron chi connectivity index (χ4n) is 2.07. The Bertz CT molecular complexity index is 706. The third kappa shape index (κ3) is 3.36. The molecular formula is C14H19N5O2. The zero-order valence-electron chi connectivity index (χ0n) is 12.2. The van der Waals surface area contributed by atoms with Gasteiger partial charge in [-0.05, 0) is 18.9 Å². The van der Waals surface area contributed by atoms with Crippen molar-refractivity contribution in [2.45, 2.75) is 39.8 Å². The van der Waals surface area contributed by atoms with Crippen molar-refractivity contribution in [2.24, 2.45) is 0 Å². The molecule has 2 rings (SSSR count). The SMILES string of the molecule is CCCn1c(Nc2ncccn2)cc(=O)n(CCC)c1=O. The Labute approximate surface area is 122 Å². The molecule has 0 aliphatic rings. The second-order valence-corrected chi connectivity index (χ2v) is 4.65. The average molecular weight is 289 g/mol. The highest BCUT2D eigenvalue weighted by molar-refractivity contribution is 5.47. The molecule has 0 saturated carbocycles. The molecule has 7 nitrogen and oxygen atoms in total. The first-order chi connectivity index (χ1) is 10.2. The highest BCUT2D eigenvalue weighted by Gasteiger charge is 2.11. The maximum absolute atomic E-state index is 12.4. The van der Waals surface area contributed by atoms with Gasteiger partial charge in [0.15, 0.2) is 0 Å². The molecule has 0 spiro atoms. The first-order valence-corrected chi connectivity index (χ1v) is 7.06. The van der Waals surface area contributed by atoms with E-state index in [4.69, 9.17) is 0 Å². The first kappa shape index (κ1) is 15.0. The maximum atomic E-state index is 12.4. The zero-order chi connectivity index (χ0) is 15.2. The van der Waals surface area contributed by atoms with Gasteiger partial charge in [-0.25, -0.2) is 14.8 Å². The van der Waals surface area contributed by atoms with Crippen LogP contribution in [-0.4, -0.2) is 19.1 Å². The van der Waals surface area contributed by atoms with Gasteiger partial charge in [0.25, 0.3) is 5.56 Å². The lowest BCUT2D eigenvalue weighted by atomic mass is 10.4. The Morgan fingerprint density at radius 2 is 1.67 bits per heavy atom. The summed E-state index contributed by atoms with van der Waals surface area (Å²) in [4.78, 5) is 32.6. The minimum Gasteiger partial charge on any atom is -0.310 e. The fraction of sp³-hybridized carbons (Fsp3) is 0.429. The molecule has 0 aliphatic heterocycles. The van der Waals surface area contributed by atoms with Crippen molar-refractivity contribution in [3.05, 3.63) is 45.4 Å². The van der Waals surface area contributed by atoms with Crippen LogP contribution >= 0.6 is 0 Å². The molecule has 0 aromatic carbocycles. The van der Waals surface area contributed by atoms with Gasteiger partial charge in [0.05, 0.1) is 0 Å². The molecule has 0 amide bonds. The Balaban J connectivity index is 2.50. The van der Waals surface area contributed by atoms with Crippen LogP contribution in [0.5, 0.6) is 0 Å². The number of hydrogen-bond donors (Lipinski definition) is 1. The summed E-state index contributed by atoms with van der Waals surface area (Å²) in [6.45, 7) is 4.85. The zero-order valence-corrected chi connectivity index (χ0v) is 12.2. The maximum Gasteiger partial charge on any atom is 0.332 e. The van der Waals surface area contributed by atoms with Gasteiger partial charge in [-0.15, -0.1) is 0 Å². The van der Waals surface area contributed by atoms with Crippen molar-refractivity contribution >= 4 is 11.8 Å². The van der Waals surface area contributed by atoms with Crippen LogP contribution in [0.1, 0.15) is 26.7 Å². The topological polar surface area (TPSA) is 81.8 Å². The van der Waals surface area contributed by atoms with E-state index in [0.717, 1.165) is 12.8 Å². The number of nitrogens with zero attached hydrogens (tertiary/aromatic N) is 4. The third-order valence-electron chi connectivity index (χ3n) is 2.98. The highest BCUT2D eigenvalue weighted by atomic mass is 16.2. The smallest absolute Gasteiger partial charge is 0.310 e. The van der Waals surface area contributed by atoms with E-state index in [1.807, 2.05) is 13.8 Å². The van der Waals surface area contributed by atoms with Crippen LogP contribution in [-0.2, 0) is 13.1 Å². The molecule has 2 aromatic heterocycles. The van der Waals surface area contributed by atoms with Crippen molar-refractivity contribution in [3.63, 3.8) is 0 Å². The Morgan fingerprint density at radius 1 is 1.05 bits per heavy atom. The summed E-state index contributed by atoms with van der Waals surface area (Å²) >= 11 is 0. The van der Waals surface area contributed by atoms with Crippen LogP contribution in [0, 0.1) is 0 Å². The van der Waals surface area contributed by atoms with Crippen LogP contribution in [0.15, 0.2) is 34.1 Å². The molecule has 0 bridgehead atoms. The van der Waals surface area contributed by atoms with E-state index in [9.17, 15) is 9.59 Å². The monoisotopic (exact) mass is 289 g/mol. The molecule has 21 heavy (non-hydrogen) atoms. The molecule has 0 radical (unpaired) electrons. The normalized spacial score (nSPS) is 10.6. The minimum absolute atomic E-state index is 0.301. The van der Waals surface area contributed by atoms with E-state index in [0.29, 0.717) is 24.9 Å². The van der Waals surface area contributed by atoms with E-state index in [1.165, 1.54) is 10.6 Å². The Hall–Kier alpha value is -2.44. The molecule has 0 fully saturated rings. The van der Waals surface area contributed by atoms with Crippen molar-refractivity contribution in [1.82, 2.24) is 19.1 Å². The van der Waals surface area contributed by atoms with E-state index < -0.39 is 0 Å². The molecule has 0 unspecified atom stereocenters. The van der Waals surface area contributed by atoms with Crippen molar-refractivity contribution in [3.8, 4) is 0 Å². The van der Waals surface area contributed by atoms with Gasteiger partial charge < -0.3 is 5.32 Å². The van der Waals surface area contributed by atoms with Gasteiger partial charge in [0.2, 0.25) is 5.95 Å². The van der Waals surface area contributed by atoms with E-state index in [1.54, 1.807) is 23.0 Å². The number of anilines is 2. The third-order valence-corrected chi connectivity index (χ3v) is 2.98.